The molecule has 0 unspecified atom stereocenters. The highest BCUT2D eigenvalue weighted by atomic mass is 16.2. The third kappa shape index (κ3) is 4.98. The molecule has 0 saturated heterocycles. The molecule has 1 fully saturated rings. The van der Waals surface area contributed by atoms with Gasteiger partial charge in [-0.15, -0.1) is 0 Å². The topological polar surface area (TPSA) is 88.9 Å². The molecule has 2 heterocycles. The monoisotopic (exact) mass is 433 g/mol. The molecular weight excluding hydrogens is 402 g/mol. The quantitative estimate of drug-likeness (QED) is 0.583. The lowest BCUT2D eigenvalue weighted by Crippen LogP contribution is -2.38. The van der Waals surface area contributed by atoms with Gasteiger partial charge in [-0.2, -0.15) is 5.10 Å². The molecule has 168 valence electrons. The highest BCUT2D eigenvalue weighted by Crippen LogP contribution is 2.26. The summed E-state index contributed by atoms with van der Waals surface area (Å²) in [5.41, 5.74) is 2.86. The first-order valence-electron chi connectivity index (χ1n) is 11.5. The van der Waals surface area contributed by atoms with Crippen molar-refractivity contribution in [1.82, 2.24) is 25.4 Å². The first-order chi connectivity index (χ1) is 15.5. The van der Waals surface area contributed by atoms with E-state index in [-0.39, 0.29) is 30.3 Å². The molecule has 2 N–H and O–H groups in total. The molecule has 0 aliphatic heterocycles. The van der Waals surface area contributed by atoms with E-state index in [1.54, 1.807) is 12.3 Å². The molecule has 4 rings (SSSR count). The average Bonchev–Trinajstić information content (AvgIpc) is 3.24. The number of rotatable bonds is 7. The third-order valence-electron chi connectivity index (χ3n) is 5.98. The van der Waals surface area contributed by atoms with E-state index in [1.165, 1.54) is 19.3 Å². The first kappa shape index (κ1) is 22.0. The summed E-state index contributed by atoms with van der Waals surface area (Å²) in [6, 6.07) is 12.0. The summed E-state index contributed by atoms with van der Waals surface area (Å²) in [4.78, 5) is 30.2. The van der Waals surface area contributed by atoms with Crippen LogP contribution in [0.15, 0.2) is 42.6 Å². The van der Waals surface area contributed by atoms with Crippen LogP contribution in [0.3, 0.4) is 0 Å². The van der Waals surface area contributed by atoms with Gasteiger partial charge in [0.25, 0.3) is 5.91 Å². The summed E-state index contributed by atoms with van der Waals surface area (Å²) >= 11 is 0. The van der Waals surface area contributed by atoms with E-state index in [2.05, 4.69) is 15.7 Å². The molecule has 2 amide bonds. The number of pyridine rings is 1. The Morgan fingerprint density at radius 2 is 1.88 bits per heavy atom. The summed E-state index contributed by atoms with van der Waals surface area (Å²) < 4.78 is 1.83. The fourth-order valence-electron chi connectivity index (χ4n) is 4.27. The van der Waals surface area contributed by atoms with Crippen LogP contribution in [-0.4, -0.2) is 39.2 Å². The molecule has 1 aromatic carbocycles. The number of hydrogen-bond acceptors (Lipinski definition) is 4. The minimum atomic E-state index is -0.219. The fraction of sp³-hybridized carbons (Fsp3) is 0.440. The Kier molecular flexibility index (Phi) is 6.83. The van der Waals surface area contributed by atoms with Gasteiger partial charge in [-0.1, -0.05) is 49.6 Å². The molecular formula is C25H31N5O2. The van der Waals surface area contributed by atoms with Crippen molar-refractivity contribution in [2.45, 2.75) is 64.5 Å². The molecule has 1 aliphatic carbocycles. The van der Waals surface area contributed by atoms with Crippen molar-refractivity contribution in [1.29, 1.82) is 0 Å². The van der Waals surface area contributed by atoms with Crippen LogP contribution in [0.2, 0.25) is 0 Å². The molecule has 0 atom stereocenters. The van der Waals surface area contributed by atoms with Gasteiger partial charge in [-0.3, -0.25) is 9.59 Å². The molecule has 0 spiro atoms. The predicted octanol–water partition coefficient (Wildman–Crippen LogP) is 4.25. The van der Waals surface area contributed by atoms with E-state index in [4.69, 9.17) is 4.98 Å². The Balaban J connectivity index is 1.50. The molecule has 2 aromatic heterocycles. The van der Waals surface area contributed by atoms with Gasteiger partial charge in [-0.05, 0) is 32.8 Å². The van der Waals surface area contributed by atoms with Crippen molar-refractivity contribution >= 4 is 22.8 Å². The summed E-state index contributed by atoms with van der Waals surface area (Å²) in [5, 5.41) is 11.2. The molecule has 3 aromatic rings. The van der Waals surface area contributed by atoms with Crippen LogP contribution < -0.4 is 10.6 Å². The molecule has 7 heteroatoms. The zero-order valence-corrected chi connectivity index (χ0v) is 18.8. The van der Waals surface area contributed by atoms with Crippen molar-refractivity contribution in [3.8, 4) is 11.3 Å². The Morgan fingerprint density at radius 1 is 1.12 bits per heavy atom. The zero-order chi connectivity index (χ0) is 22.5. The van der Waals surface area contributed by atoms with Gasteiger partial charge in [0.05, 0.1) is 22.8 Å². The van der Waals surface area contributed by atoms with Crippen LogP contribution in [0.4, 0.5) is 0 Å². The number of nitrogens with one attached hydrogen (secondary N) is 2. The summed E-state index contributed by atoms with van der Waals surface area (Å²) in [5.74, 6) is -0.224. The minimum absolute atomic E-state index is 0.00493. The van der Waals surface area contributed by atoms with E-state index in [9.17, 15) is 9.59 Å². The SMILES string of the molecule is CC(C)n1ncc2c(C(=O)NCCC(=O)NC3CCCCC3)cc(-c3ccccc3)nc21. The van der Waals surface area contributed by atoms with Crippen LogP contribution >= 0.6 is 0 Å². The summed E-state index contributed by atoms with van der Waals surface area (Å²) in [6.07, 6.45) is 7.67. The zero-order valence-electron chi connectivity index (χ0n) is 18.8. The number of hydrogen-bond donors (Lipinski definition) is 2. The smallest absolute Gasteiger partial charge is 0.252 e. The number of fused-ring (bicyclic) bond motifs is 1. The van der Waals surface area contributed by atoms with Crippen molar-refractivity contribution in [2.24, 2.45) is 0 Å². The van der Waals surface area contributed by atoms with Gasteiger partial charge in [0.15, 0.2) is 5.65 Å². The maximum absolute atomic E-state index is 13.1. The van der Waals surface area contributed by atoms with E-state index < -0.39 is 0 Å². The second kappa shape index (κ2) is 9.94. The number of amides is 2. The summed E-state index contributed by atoms with van der Waals surface area (Å²) in [6.45, 7) is 4.36. The van der Waals surface area contributed by atoms with Crippen molar-refractivity contribution in [3.05, 3.63) is 48.2 Å². The number of nitrogens with zero attached hydrogens (tertiary/aromatic N) is 3. The van der Waals surface area contributed by atoms with Crippen LogP contribution in [0, 0.1) is 0 Å². The lowest BCUT2D eigenvalue weighted by molar-refractivity contribution is -0.121. The van der Waals surface area contributed by atoms with Gasteiger partial charge in [0.2, 0.25) is 5.91 Å². The lowest BCUT2D eigenvalue weighted by atomic mass is 9.95. The van der Waals surface area contributed by atoms with Gasteiger partial charge in [0.1, 0.15) is 0 Å². The second-order valence-corrected chi connectivity index (χ2v) is 8.75. The van der Waals surface area contributed by atoms with E-state index in [0.717, 1.165) is 24.1 Å². The van der Waals surface area contributed by atoms with E-state index >= 15 is 0 Å². The van der Waals surface area contributed by atoms with Crippen molar-refractivity contribution < 1.29 is 9.59 Å². The largest absolute Gasteiger partial charge is 0.353 e. The maximum atomic E-state index is 13.1. The molecule has 7 nitrogen and oxygen atoms in total. The van der Waals surface area contributed by atoms with Crippen LogP contribution in [0.1, 0.15) is 68.8 Å². The van der Waals surface area contributed by atoms with Gasteiger partial charge >= 0.3 is 0 Å². The Bertz CT molecular complexity index is 1080. The van der Waals surface area contributed by atoms with Crippen LogP contribution in [0.25, 0.3) is 22.3 Å². The molecule has 32 heavy (non-hydrogen) atoms. The molecule has 1 aliphatic rings. The van der Waals surface area contributed by atoms with Crippen molar-refractivity contribution in [2.75, 3.05) is 6.54 Å². The fourth-order valence-corrected chi connectivity index (χ4v) is 4.27. The number of benzene rings is 1. The Hall–Kier alpha value is -3.22. The van der Waals surface area contributed by atoms with Crippen molar-refractivity contribution in [3.63, 3.8) is 0 Å². The predicted molar refractivity (Wildman–Crippen MR) is 125 cm³/mol. The van der Waals surface area contributed by atoms with E-state index in [1.807, 2.05) is 48.9 Å². The Morgan fingerprint density at radius 3 is 2.59 bits per heavy atom. The van der Waals surface area contributed by atoms with Gasteiger partial charge in [0, 0.05) is 30.6 Å². The summed E-state index contributed by atoms with van der Waals surface area (Å²) in [7, 11) is 0. The third-order valence-corrected chi connectivity index (χ3v) is 5.98. The van der Waals surface area contributed by atoms with Crippen LogP contribution in [-0.2, 0) is 4.79 Å². The van der Waals surface area contributed by atoms with E-state index in [0.29, 0.717) is 23.1 Å². The van der Waals surface area contributed by atoms with Gasteiger partial charge in [-0.25, -0.2) is 9.67 Å². The van der Waals surface area contributed by atoms with Gasteiger partial charge < -0.3 is 10.6 Å². The highest BCUT2D eigenvalue weighted by molar-refractivity contribution is 6.06. The molecule has 0 radical (unpaired) electrons. The standard InChI is InChI=1S/C25H31N5O2/c1-17(2)30-24-21(16-27-30)20(15-22(29-24)18-9-5-3-6-10-18)25(32)26-14-13-23(31)28-19-11-7-4-8-12-19/h3,5-6,9-10,15-17,19H,4,7-8,11-14H2,1-2H3,(H,26,32)(H,28,31). The Labute approximate surface area is 188 Å². The number of carbonyl (C=O) groups excluding carboxylic acids is 2. The molecule has 0 bridgehead atoms. The first-order valence-corrected chi connectivity index (χ1v) is 11.5. The highest BCUT2D eigenvalue weighted by Gasteiger charge is 2.19. The number of aromatic nitrogens is 3. The average molecular weight is 434 g/mol. The second-order valence-electron chi connectivity index (χ2n) is 8.75. The molecule has 1 saturated carbocycles. The van der Waals surface area contributed by atoms with Crippen LogP contribution in [0.5, 0.6) is 0 Å². The maximum Gasteiger partial charge on any atom is 0.252 e. The normalized spacial score (nSPS) is 14.6. The lowest BCUT2D eigenvalue weighted by Gasteiger charge is -2.22. The number of carbonyl (C=O) groups is 2. The minimum Gasteiger partial charge on any atom is -0.353 e.